The normalized spacial score (nSPS) is 19.4. The van der Waals surface area contributed by atoms with Crippen LogP contribution < -0.4 is 14.8 Å². The number of piperidine rings is 1. The first kappa shape index (κ1) is 16.1. The Balaban J connectivity index is 2.33. The average Bonchev–Trinajstić information content (AvgIpc) is 2.47. The highest BCUT2D eigenvalue weighted by Crippen LogP contribution is 2.38. The molecule has 4 heteroatoms. The molecule has 0 saturated carbocycles. The Kier molecular flexibility index (Phi) is 5.09. The zero-order chi connectivity index (χ0) is 15.5. The summed E-state index contributed by atoms with van der Waals surface area (Å²) >= 11 is 0. The first-order valence-electron chi connectivity index (χ1n) is 7.60. The lowest BCUT2D eigenvalue weighted by molar-refractivity contribution is 0.213. The molecule has 2 rings (SSSR count). The molecule has 1 saturated heterocycles. The molecule has 1 aromatic rings. The van der Waals surface area contributed by atoms with Crippen LogP contribution >= 0.6 is 0 Å². The second-order valence-corrected chi connectivity index (χ2v) is 6.25. The van der Waals surface area contributed by atoms with Crippen molar-refractivity contribution in [2.45, 2.75) is 38.8 Å². The summed E-state index contributed by atoms with van der Waals surface area (Å²) in [4.78, 5) is 0. The number of alkyl halides is 1. The van der Waals surface area contributed by atoms with Crippen molar-refractivity contribution < 1.29 is 13.9 Å². The zero-order valence-corrected chi connectivity index (χ0v) is 13.5. The molecule has 21 heavy (non-hydrogen) atoms. The summed E-state index contributed by atoms with van der Waals surface area (Å²) in [5.41, 5.74) is 0.217. The maximum Gasteiger partial charge on any atom is 0.134 e. The summed E-state index contributed by atoms with van der Waals surface area (Å²) in [6.45, 7) is 5.23. The lowest BCUT2D eigenvalue weighted by Gasteiger charge is -2.25. The predicted molar refractivity (Wildman–Crippen MR) is 83.0 cm³/mol. The molecule has 1 heterocycles. The second-order valence-electron chi connectivity index (χ2n) is 6.25. The first-order chi connectivity index (χ1) is 9.95. The van der Waals surface area contributed by atoms with E-state index < -0.39 is 5.67 Å². The van der Waals surface area contributed by atoms with Crippen LogP contribution in [0.1, 0.15) is 37.8 Å². The molecule has 1 unspecified atom stereocenters. The van der Waals surface area contributed by atoms with Gasteiger partial charge in [-0.25, -0.2) is 4.39 Å². The fraction of sp³-hybridized carbons (Fsp3) is 0.647. The maximum atomic E-state index is 14.4. The van der Waals surface area contributed by atoms with E-state index in [1.807, 2.05) is 12.1 Å². The number of benzene rings is 1. The Morgan fingerprint density at radius 1 is 1.24 bits per heavy atom. The smallest absolute Gasteiger partial charge is 0.134 e. The fourth-order valence-electron chi connectivity index (χ4n) is 3.00. The number of hydrogen-bond acceptors (Lipinski definition) is 3. The largest absolute Gasteiger partial charge is 0.496 e. The van der Waals surface area contributed by atoms with Gasteiger partial charge in [-0.15, -0.1) is 0 Å². The molecule has 1 N–H and O–H groups in total. The van der Waals surface area contributed by atoms with E-state index in [0.717, 1.165) is 30.8 Å². The Bertz CT molecular complexity index is 476. The summed E-state index contributed by atoms with van der Waals surface area (Å²) in [7, 11) is 3.21. The van der Waals surface area contributed by atoms with Gasteiger partial charge < -0.3 is 14.8 Å². The van der Waals surface area contributed by atoms with Crippen LogP contribution in [-0.4, -0.2) is 27.3 Å². The van der Waals surface area contributed by atoms with E-state index in [9.17, 15) is 4.39 Å². The van der Waals surface area contributed by atoms with Crippen molar-refractivity contribution in [2.24, 2.45) is 5.92 Å². The minimum absolute atomic E-state index is 0.546. The molecule has 1 aliphatic rings. The summed E-state index contributed by atoms with van der Waals surface area (Å²) in [6.07, 6.45) is 3.31. The van der Waals surface area contributed by atoms with Gasteiger partial charge in [0.1, 0.15) is 17.2 Å². The Morgan fingerprint density at radius 3 is 2.48 bits per heavy atom. The molecule has 1 atom stereocenters. The van der Waals surface area contributed by atoms with Crippen LogP contribution in [0.5, 0.6) is 11.5 Å². The lowest BCUT2D eigenvalue weighted by atomic mass is 9.89. The van der Waals surface area contributed by atoms with Crippen LogP contribution in [0.2, 0.25) is 0 Å². The van der Waals surface area contributed by atoms with E-state index in [1.54, 1.807) is 28.1 Å². The third-order valence-corrected chi connectivity index (χ3v) is 4.15. The van der Waals surface area contributed by atoms with Crippen molar-refractivity contribution in [1.29, 1.82) is 0 Å². The van der Waals surface area contributed by atoms with Crippen molar-refractivity contribution in [2.75, 3.05) is 27.3 Å². The molecule has 3 nitrogen and oxygen atoms in total. The van der Waals surface area contributed by atoms with Gasteiger partial charge in [0.05, 0.1) is 14.2 Å². The molecule has 0 radical (unpaired) electrons. The number of ether oxygens (including phenoxy) is 2. The minimum atomic E-state index is -1.43. The van der Waals surface area contributed by atoms with Gasteiger partial charge in [0.2, 0.25) is 0 Å². The third-order valence-electron chi connectivity index (χ3n) is 4.15. The van der Waals surface area contributed by atoms with Crippen LogP contribution in [0.15, 0.2) is 12.1 Å². The van der Waals surface area contributed by atoms with E-state index in [0.29, 0.717) is 17.2 Å². The van der Waals surface area contributed by atoms with Crippen LogP contribution in [0.4, 0.5) is 4.39 Å². The second kappa shape index (κ2) is 6.65. The lowest BCUT2D eigenvalue weighted by Crippen LogP contribution is -2.31. The summed E-state index contributed by atoms with van der Waals surface area (Å²) in [5.74, 6) is 1.91. The molecule has 0 amide bonds. The number of rotatable bonds is 5. The van der Waals surface area contributed by atoms with Gasteiger partial charge in [-0.05, 0) is 63.7 Å². The van der Waals surface area contributed by atoms with Gasteiger partial charge in [0.25, 0.3) is 0 Å². The zero-order valence-electron chi connectivity index (χ0n) is 13.5. The fourth-order valence-corrected chi connectivity index (χ4v) is 3.00. The van der Waals surface area contributed by atoms with Crippen LogP contribution in [0.3, 0.4) is 0 Å². The van der Waals surface area contributed by atoms with Crippen LogP contribution in [0.25, 0.3) is 0 Å². The molecule has 1 aliphatic heterocycles. The molecule has 0 aliphatic carbocycles. The molecular formula is C17H26FNO2. The number of halogens is 1. The molecule has 0 spiro atoms. The summed E-state index contributed by atoms with van der Waals surface area (Å²) in [5, 5.41) is 3.42. The van der Waals surface area contributed by atoms with Crippen LogP contribution in [0, 0.1) is 5.92 Å². The SMILES string of the molecule is COc1cc(OC)c(C(C)(C)F)cc1CC1CCCNC1. The minimum Gasteiger partial charge on any atom is -0.496 e. The van der Waals surface area contributed by atoms with Crippen molar-refractivity contribution in [3.05, 3.63) is 23.3 Å². The number of nitrogens with one attached hydrogen (secondary N) is 1. The Morgan fingerprint density at radius 2 is 1.95 bits per heavy atom. The van der Waals surface area contributed by atoms with Gasteiger partial charge in [0.15, 0.2) is 0 Å². The third kappa shape index (κ3) is 3.88. The average molecular weight is 295 g/mol. The molecule has 1 aromatic carbocycles. The van der Waals surface area contributed by atoms with E-state index >= 15 is 0 Å². The molecule has 0 aromatic heterocycles. The van der Waals surface area contributed by atoms with E-state index in [1.165, 1.54) is 12.8 Å². The van der Waals surface area contributed by atoms with Gasteiger partial charge >= 0.3 is 0 Å². The van der Waals surface area contributed by atoms with E-state index in [2.05, 4.69) is 5.32 Å². The topological polar surface area (TPSA) is 30.5 Å². The molecule has 0 bridgehead atoms. The molecular weight excluding hydrogens is 269 g/mol. The highest BCUT2D eigenvalue weighted by atomic mass is 19.1. The predicted octanol–water partition coefficient (Wildman–Crippen LogP) is 3.45. The highest BCUT2D eigenvalue weighted by molar-refractivity contribution is 5.49. The van der Waals surface area contributed by atoms with Crippen molar-refractivity contribution in [3.63, 3.8) is 0 Å². The maximum absolute atomic E-state index is 14.4. The highest BCUT2D eigenvalue weighted by Gasteiger charge is 2.26. The van der Waals surface area contributed by atoms with Crippen molar-refractivity contribution >= 4 is 0 Å². The molecule has 1 fully saturated rings. The van der Waals surface area contributed by atoms with Crippen LogP contribution in [-0.2, 0) is 12.1 Å². The van der Waals surface area contributed by atoms with Crippen molar-refractivity contribution in [3.8, 4) is 11.5 Å². The molecule has 118 valence electrons. The standard InChI is InChI=1S/C17H26FNO2/c1-17(2,18)14-9-13(8-12-6-5-7-19-11-12)15(20-3)10-16(14)21-4/h9-10,12,19H,5-8,11H2,1-4H3. The summed E-state index contributed by atoms with van der Waals surface area (Å²) < 4.78 is 25.2. The van der Waals surface area contributed by atoms with Gasteiger partial charge in [0, 0.05) is 11.6 Å². The van der Waals surface area contributed by atoms with E-state index in [4.69, 9.17) is 9.47 Å². The quantitative estimate of drug-likeness (QED) is 0.902. The van der Waals surface area contributed by atoms with E-state index in [-0.39, 0.29) is 0 Å². The number of methoxy groups -OCH3 is 2. The number of hydrogen-bond donors (Lipinski definition) is 1. The Hall–Kier alpha value is -1.29. The van der Waals surface area contributed by atoms with Gasteiger partial charge in [-0.1, -0.05) is 0 Å². The van der Waals surface area contributed by atoms with Crippen molar-refractivity contribution in [1.82, 2.24) is 5.32 Å². The summed E-state index contributed by atoms with van der Waals surface area (Å²) in [6, 6.07) is 3.72. The Labute approximate surface area is 126 Å². The van der Waals surface area contributed by atoms with Gasteiger partial charge in [-0.2, -0.15) is 0 Å². The van der Waals surface area contributed by atoms with Gasteiger partial charge in [-0.3, -0.25) is 0 Å². The monoisotopic (exact) mass is 295 g/mol. The first-order valence-corrected chi connectivity index (χ1v) is 7.60.